The smallest absolute Gasteiger partial charge is 0.142 e. The van der Waals surface area contributed by atoms with Gasteiger partial charge in [-0.2, -0.15) is 0 Å². The van der Waals surface area contributed by atoms with Crippen LogP contribution in [0.4, 0.5) is 5.69 Å². The summed E-state index contributed by atoms with van der Waals surface area (Å²) in [6, 6.07) is 15.4. The van der Waals surface area contributed by atoms with Crippen molar-refractivity contribution >= 4 is 5.69 Å². The van der Waals surface area contributed by atoms with Gasteiger partial charge in [0.25, 0.3) is 0 Å². The maximum Gasteiger partial charge on any atom is 0.142 e. The summed E-state index contributed by atoms with van der Waals surface area (Å²) in [5.74, 6) is 0.953. The molecule has 0 spiro atoms. The van der Waals surface area contributed by atoms with E-state index in [0.717, 1.165) is 17.9 Å². The molecule has 2 heteroatoms. The second kappa shape index (κ2) is 5.58. The van der Waals surface area contributed by atoms with Crippen molar-refractivity contribution in [1.29, 1.82) is 0 Å². The Balaban J connectivity index is 1.79. The van der Waals surface area contributed by atoms with E-state index in [1.165, 1.54) is 23.1 Å². The van der Waals surface area contributed by atoms with Crippen molar-refractivity contribution in [3.8, 4) is 5.75 Å². The zero-order valence-electron chi connectivity index (χ0n) is 12.1. The highest BCUT2D eigenvalue weighted by molar-refractivity contribution is 5.60. The molecule has 1 aliphatic rings. The number of fused-ring (bicyclic) bond motifs is 1. The predicted molar refractivity (Wildman–Crippen MR) is 83.5 cm³/mol. The van der Waals surface area contributed by atoms with Gasteiger partial charge in [0, 0.05) is 0 Å². The average Bonchev–Trinajstić information content (AvgIpc) is 2.47. The topological polar surface area (TPSA) is 21.3 Å². The summed E-state index contributed by atoms with van der Waals surface area (Å²) in [7, 11) is 0. The lowest BCUT2D eigenvalue weighted by Gasteiger charge is -2.28. The molecule has 1 N–H and O–H groups in total. The molecule has 0 aromatic heterocycles. The van der Waals surface area contributed by atoms with Gasteiger partial charge in [0.15, 0.2) is 0 Å². The van der Waals surface area contributed by atoms with E-state index in [1.807, 2.05) is 6.07 Å². The first kappa shape index (κ1) is 13.0. The van der Waals surface area contributed by atoms with E-state index in [1.54, 1.807) is 0 Å². The van der Waals surface area contributed by atoms with Gasteiger partial charge in [0.05, 0.1) is 11.7 Å². The van der Waals surface area contributed by atoms with Crippen molar-refractivity contribution in [2.24, 2.45) is 0 Å². The Morgan fingerprint density at radius 2 is 1.95 bits per heavy atom. The summed E-state index contributed by atoms with van der Waals surface area (Å²) >= 11 is 0. The molecule has 0 saturated heterocycles. The Bertz CT molecular complexity index is 589. The molecule has 1 aliphatic heterocycles. The van der Waals surface area contributed by atoms with Gasteiger partial charge < -0.3 is 10.1 Å². The first-order valence-electron chi connectivity index (χ1n) is 7.35. The van der Waals surface area contributed by atoms with Crippen LogP contribution in [0.2, 0.25) is 0 Å². The normalized spacial score (nSPS) is 17.0. The lowest BCUT2D eigenvalue weighted by Crippen LogP contribution is -2.23. The maximum atomic E-state index is 5.86. The van der Waals surface area contributed by atoms with E-state index in [0.29, 0.717) is 6.61 Å². The Kier molecular flexibility index (Phi) is 3.64. The molecular formula is C18H21NO. The van der Waals surface area contributed by atoms with E-state index in [-0.39, 0.29) is 6.04 Å². The van der Waals surface area contributed by atoms with Gasteiger partial charge in [-0.3, -0.25) is 0 Å². The van der Waals surface area contributed by atoms with Crippen LogP contribution in [0, 0.1) is 6.92 Å². The standard InChI is InChI=1S/C18H21NO/c1-3-4-14-6-8-15(9-7-14)17-12-20-18-10-5-13(2)11-16(18)19-17/h5-11,17,19H,3-4,12H2,1-2H3. The van der Waals surface area contributed by atoms with Crippen LogP contribution >= 0.6 is 0 Å². The highest BCUT2D eigenvalue weighted by atomic mass is 16.5. The van der Waals surface area contributed by atoms with Crippen molar-refractivity contribution in [1.82, 2.24) is 0 Å². The molecule has 20 heavy (non-hydrogen) atoms. The Hall–Kier alpha value is -1.96. The highest BCUT2D eigenvalue weighted by Gasteiger charge is 2.20. The first-order valence-corrected chi connectivity index (χ1v) is 7.35. The molecule has 2 nitrogen and oxygen atoms in total. The summed E-state index contributed by atoms with van der Waals surface area (Å²) in [6.07, 6.45) is 2.34. The van der Waals surface area contributed by atoms with Crippen LogP contribution in [-0.2, 0) is 6.42 Å². The van der Waals surface area contributed by atoms with Crippen LogP contribution in [0.1, 0.15) is 36.1 Å². The summed E-state index contributed by atoms with van der Waals surface area (Å²) < 4.78 is 5.86. The molecule has 0 bridgehead atoms. The molecule has 1 atom stereocenters. The number of anilines is 1. The Labute approximate surface area is 120 Å². The summed E-state index contributed by atoms with van der Waals surface area (Å²) in [6.45, 7) is 5.00. The molecule has 1 unspecified atom stereocenters. The zero-order valence-corrected chi connectivity index (χ0v) is 12.1. The average molecular weight is 267 g/mol. The fourth-order valence-corrected chi connectivity index (χ4v) is 2.67. The number of ether oxygens (including phenoxy) is 1. The van der Waals surface area contributed by atoms with Crippen LogP contribution in [-0.4, -0.2) is 6.61 Å². The molecule has 1 heterocycles. The summed E-state index contributed by atoms with van der Waals surface area (Å²) in [5.41, 5.74) is 5.04. The van der Waals surface area contributed by atoms with Crippen molar-refractivity contribution in [2.75, 3.05) is 11.9 Å². The van der Waals surface area contributed by atoms with Crippen molar-refractivity contribution in [3.05, 3.63) is 59.2 Å². The zero-order chi connectivity index (χ0) is 13.9. The lowest BCUT2D eigenvalue weighted by atomic mass is 10.0. The van der Waals surface area contributed by atoms with Crippen molar-refractivity contribution < 1.29 is 4.74 Å². The third-order valence-electron chi connectivity index (χ3n) is 3.79. The van der Waals surface area contributed by atoms with Crippen LogP contribution in [0.5, 0.6) is 5.75 Å². The van der Waals surface area contributed by atoms with Crippen molar-refractivity contribution in [2.45, 2.75) is 32.7 Å². The van der Waals surface area contributed by atoms with E-state index >= 15 is 0 Å². The molecule has 0 saturated carbocycles. The summed E-state index contributed by atoms with van der Waals surface area (Å²) in [5, 5.41) is 3.58. The van der Waals surface area contributed by atoms with Gasteiger partial charge in [-0.05, 0) is 42.2 Å². The number of benzene rings is 2. The number of aryl methyl sites for hydroxylation is 2. The SMILES string of the molecule is CCCc1ccc(C2COc3ccc(C)cc3N2)cc1. The van der Waals surface area contributed by atoms with Gasteiger partial charge in [0.2, 0.25) is 0 Å². The van der Waals surface area contributed by atoms with Crippen LogP contribution in [0.15, 0.2) is 42.5 Å². The fourth-order valence-electron chi connectivity index (χ4n) is 2.67. The predicted octanol–water partition coefficient (Wildman–Crippen LogP) is 4.49. The monoisotopic (exact) mass is 267 g/mol. The molecule has 0 radical (unpaired) electrons. The van der Waals surface area contributed by atoms with Gasteiger partial charge in [-0.15, -0.1) is 0 Å². The minimum absolute atomic E-state index is 0.236. The third kappa shape index (κ3) is 2.64. The minimum atomic E-state index is 0.236. The molecule has 0 aliphatic carbocycles. The van der Waals surface area contributed by atoms with Gasteiger partial charge in [-0.25, -0.2) is 0 Å². The second-order valence-corrected chi connectivity index (χ2v) is 5.50. The summed E-state index contributed by atoms with van der Waals surface area (Å²) in [4.78, 5) is 0. The molecule has 104 valence electrons. The van der Waals surface area contributed by atoms with E-state index in [9.17, 15) is 0 Å². The quantitative estimate of drug-likeness (QED) is 0.884. The molecule has 0 amide bonds. The van der Waals surface area contributed by atoms with Crippen LogP contribution in [0.25, 0.3) is 0 Å². The number of nitrogens with one attached hydrogen (secondary N) is 1. The minimum Gasteiger partial charge on any atom is -0.489 e. The Morgan fingerprint density at radius 3 is 2.70 bits per heavy atom. The first-order chi connectivity index (χ1) is 9.76. The van der Waals surface area contributed by atoms with Gasteiger partial charge in [-0.1, -0.05) is 43.7 Å². The Morgan fingerprint density at radius 1 is 1.15 bits per heavy atom. The van der Waals surface area contributed by atoms with Gasteiger partial charge in [0.1, 0.15) is 12.4 Å². The molecule has 3 rings (SSSR count). The highest BCUT2D eigenvalue weighted by Crippen LogP contribution is 2.34. The number of hydrogen-bond acceptors (Lipinski definition) is 2. The largest absolute Gasteiger partial charge is 0.489 e. The van der Waals surface area contributed by atoms with E-state index in [4.69, 9.17) is 4.74 Å². The molecule has 2 aromatic rings. The van der Waals surface area contributed by atoms with Crippen LogP contribution < -0.4 is 10.1 Å². The van der Waals surface area contributed by atoms with E-state index < -0.39 is 0 Å². The maximum absolute atomic E-state index is 5.86. The second-order valence-electron chi connectivity index (χ2n) is 5.50. The van der Waals surface area contributed by atoms with Gasteiger partial charge >= 0.3 is 0 Å². The molecule has 0 fully saturated rings. The van der Waals surface area contributed by atoms with E-state index in [2.05, 4.69) is 55.6 Å². The number of hydrogen-bond donors (Lipinski definition) is 1. The van der Waals surface area contributed by atoms with Crippen molar-refractivity contribution in [3.63, 3.8) is 0 Å². The molecular weight excluding hydrogens is 246 g/mol. The number of rotatable bonds is 3. The lowest BCUT2D eigenvalue weighted by molar-refractivity contribution is 0.286. The molecule has 2 aromatic carbocycles. The fraction of sp³-hybridized carbons (Fsp3) is 0.333. The third-order valence-corrected chi connectivity index (χ3v) is 3.79. The van der Waals surface area contributed by atoms with Crippen LogP contribution in [0.3, 0.4) is 0 Å².